The molecule has 160 valence electrons. The fourth-order valence-electron chi connectivity index (χ4n) is 3.19. The standard InChI is InChI=1S/C22H19BrN2O4S2/c23-17-12-15(6-7-18(17)29-14-20(26)24-8-10-28-11-9-24)13-19-21(27)25(22(30)31-19)16-4-2-1-3-5-16/h1-7,12-13H,8-11,14H2/b19-13-. The van der Waals surface area contributed by atoms with Gasteiger partial charge in [0.05, 0.1) is 28.3 Å². The first-order valence-electron chi connectivity index (χ1n) is 9.64. The maximum Gasteiger partial charge on any atom is 0.270 e. The van der Waals surface area contributed by atoms with E-state index in [0.717, 1.165) is 11.3 Å². The number of rotatable bonds is 5. The lowest BCUT2D eigenvalue weighted by atomic mass is 10.2. The number of hydrogen-bond donors (Lipinski definition) is 0. The topological polar surface area (TPSA) is 59.1 Å². The van der Waals surface area contributed by atoms with Gasteiger partial charge in [0.15, 0.2) is 10.9 Å². The zero-order valence-corrected chi connectivity index (χ0v) is 19.7. The third kappa shape index (κ3) is 5.17. The van der Waals surface area contributed by atoms with Gasteiger partial charge >= 0.3 is 0 Å². The van der Waals surface area contributed by atoms with Crippen LogP contribution in [-0.4, -0.2) is 53.9 Å². The summed E-state index contributed by atoms with van der Waals surface area (Å²) < 4.78 is 12.2. The lowest BCUT2D eigenvalue weighted by Gasteiger charge is -2.26. The molecule has 0 saturated carbocycles. The van der Waals surface area contributed by atoms with Crippen LogP contribution in [0.25, 0.3) is 6.08 Å². The number of halogens is 1. The summed E-state index contributed by atoms with van der Waals surface area (Å²) in [6, 6.07) is 14.8. The Morgan fingerprint density at radius 3 is 2.65 bits per heavy atom. The average Bonchev–Trinajstić information content (AvgIpc) is 3.07. The molecule has 0 atom stereocenters. The van der Waals surface area contributed by atoms with Crippen LogP contribution in [-0.2, 0) is 14.3 Å². The molecule has 0 bridgehead atoms. The van der Waals surface area contributed by atoms with Crippen LogP contribution in [0.2, 0.25) is 0 Å². The molecule has 2 fully saturated rings. The van der Waals surface area contributed by atoms with Crippen LogP contribution in [0.5, 0.6) is 5.75 Å². The Hall–Kier alpha value is -2.20. The normalized spacial score (nSPS) is 18.0. The van der Waals surface area contributed by atoms with Crippen molar-refractivity contribution < 1.29 is 19.1 Å². The number of thiocarbonyl (C=S) groups is 1. The van der Waals surface area contributed by atoms with E-state index >= 15 is 0 Å². The molecule has 0 aromatic heterocycles. The second-order valence-corrected chi connectivity index (χ2v) is 9.35. The summed E-state index contributed by atoms with van der Waals surface area (Å²) in [6.07, 6.45) is 1.80. The first-order valence-corrected chi connectivity index (χ1v) is 11.7. The summed E-state index contributed by atoms with van der Waals surface area (Å²) in [7, 11) is 0. The SMILES string of the molecule is O=C(COc1ccc(/C=C2\SC(=S)N(c3ccccc3)C2=O)cc1Br)N1CCOCC1. The van der Waals surface area contributed by atoms with Gasteiger partial charge in [-0.15, -0.1) is 0 Å². The summed E-state index contributed by atoms with van der Waals surface area (Å²) >= 11 is 10.2. The van der Waals surface area contributed by atoms with Crippen molar-refractivity contribution in [2.75, 3.05) is 37.8 Å². The van der Waals surface area contributed by atoms with Crippen LogP contribution < -0.4 is 9.64 Å². The van der Waals surface area contributed by atoms with Crippen molar-refractivity contribution in [2.45, 2.75) is 0 Å². The Kier molecular flexibility index (Phi) is 7.06. The molecule has 0 N–H and O–H groups in total. The molecule has 0 spiro atoms. The molecule has 2 heterocycles. The van der Waals surface area contributed by atoms with E-state index in [4.69, 9.17) is 21.7 Å². The molecule has 31 heavy (non-hydrogen) atoms. The van der Waals surface area contributed by atoms with Gasteiger partial charge in [-0.3, -0.25) is 14.5 Å². The lowest BCUT2D eigenvalue weighted by molar-refractivity contribution is -0.137. The van der Waals surface area contributed by atoms with Gasteiger partial charge < -0.3 is 14.4 Å². The fraction of sp³-hybridized carbons (Fsp3) is 0.227. The fourth-order valence-corrected chi connectivity index (χ4v) is 5.00. The number of hydrogen-bond acceptors (Lipinski definition) is 6. The molecule has 2 aromatic rings. The molecule has 2 aliphatic heterocycles. The van der Waals surface area contributed by atoms with Crippen molar-refractivity contribution in [3.8, 4) is 5.75 Å². The van der Waals surface area contributed by atoms with Crippen molar-refractivity contribution in [1.29, 1.82) is 0 Å². The molecule has 2 saturated heterocycles. The third-order valence-electron chi connectivity index (χ3n) is 4.78. The minimum Gasteiger partial charge on any atom is -0.483 e. The molecule has 0 radical (unpaired) electrons. The summed E-state index contributed by atoms with van der Waals surface area (Å²) in [4.78, 5) is 28.9. The molecule has 2 aromatic carbocycles. The van der Waals surface area contributed by atoms with Crippen LogP contribution in [0.3, 0.4) is 0 Å². The number of thioether (sulfide) groups is 1. The van der Waals surface area contributed by atoms with Gasteiger partial charge in [-0.2, -0.15) is 0 Å². The Balaban J connectivity index is 1.43. The van der Waals surface area contributed by atoms with Gasteiger partial charge in [-0.05, 0) is 51.8 Å². The predicted octanol–water partition coefficient (Wildman–Crippen LogP) is 4.09. The molecular weight excluding hydrogens is 500 g/mol. The largest absolute Gasteiger partial charge is 0.483 e. The highest BCUT2D eigenvalue weighted by Gasteiger charge is 2.33. The highest BCUT2D eigenvalue weighted by Crippen LogP contribution is 2.36. The first-order chi connectivity index (χ1) is 15.0. The number of anilines is 1. The Morgan fingerprint density at radius 2 is 1.94 bits per heavy atom. The average molecular weight is 519 g/mol. The monoisotopic (exact) mass is 518 g/mol. The molecule has 4 rings (SSSR count). The summed E-state index contributed by atoms with van der Waals surface area (Å²) in [6.45, 7) is 2.25. The van der Waals surface area contributed by atoms with Gasteiger partial charge in [-0.1, -0.05) is 48.2 Å². The molecule has 2 aliphatic rings. The smallest absolute Gasteiger partial charge is 0.270 e. The number of ether oxygens (including phenoxy) is 2. The molecular formula is C22H19BrN2O4S2. The summed E-state index contributed by atoms with van der Waals surface area (Å²) in [5.41, 5.74) is 1.58. The second-order valence-electron chi connectivity index (χ2n) is 6.82. The Morgan fingerprint density at radius 1 is 1.19 bits per heavy atom. The quantitative estimate of drug-likeness (QED) is 0.438. The molecule has 9 heteroatoms. The van der Waals surface area contributed by atoms with E-state index in [2.05, 4.69) is 15.9 Å². The van der Waals surface area contributed by atoms with Crippen LogP contribution in [0.15, 0.2) is 57.9 Å². The number of amides is 2. The van der Waals surface area contributed by atoms with Crippen LogP contribution in [0.1, 0.15) is 5.56 Å². The van der Waals surface area contributed by atoms with Crippen molar-refractivity contribution in [3.63, 3.8) is 0 Å². The van der Waals surface area contributed by atoms with Crippen molar-refractivity contribution in [1.82, 2.24) is 4.90 Å². The number of carbonyl (C=O) groups excluding carboxylic acids is 2. The number of benzene rings is 2. The number of para-hydroxylation sites is 1. The van der Waals surface area contributed by atoms with Gasteiger partial charge in [0.1, 0.15) is 5.75 Å². The number of nitrogens with zero attached hydrogens (tertiary/aromatic N) is 2. The highest BCUT2D eigenvalue weighted by atomic mass is 79.9. The zero-order valence-electron chi connectivity index (χ0n) is 16.5. The van der Waals surface area contributed by atoms with E-state index in [1.807, 2.05) is 42.5 Å². The molecule has 0 aliphatic carbocycles. The van der Waals surface area contributed by atoms with Crippen molar-refractivity contribution in [3.05, 3.63) is 63.5 Å². The minimum absolute atomic E-state index is 0.0340. The highest BCUT2D eigenvalue weighted by molar-refractivity contribution is 9.10. The number of carbonyl (C=O) groups is 2. The Labute approximate surface area is 198 Å². The van der Waals surface area contributed by atoms with Gasteiger partial charge in [-0.25, -0.2) is 0 Å². The predicted molar refractivity (Wildman–Crippen MR) is 129 cm³/mol. The van der Waals surface area contributed by atoms with E-state index in [1.54, 1.807) is 17.0 Å². The van der Waals surface area contributed by atoms with Gasteiger partial charge in [0, 0.05) is 13.1 Å². The molecule has 0 unspecified atom stereocenters. The molecule has 2 amide bonds. The first kappa shape index (κ1) is 22.0. The molecule has 6 nitrogen and oxygen atoms in total. The van der Waals surface area contributed by atoms with Crippen LogP contribution >= 0.6 is 39.9 Å². The van der Waals surface area contributed by atoms with Crippen LogP contribution in [0, 0.1) is 0 Å². The summed E-state index contributed by atoms with van der Waals surface area (Å²) in [5.74, 6) is 0.355. The van der Waals surface area contributed by atoms with Gasteiger partial charge in [0.25, 0.3) is 11.8 Å². The van der Waals surface area contributed by atoms with Crippen molar-refractivity contribution >= 4 is 67.8 Å². The third-order valence-corrected chi connectivity index (χ3v) is 6.70. The van der Waals surface area contributed by atoms with Crippen LogP contribution in [0.4, 0.5) is 5.69 Å². The minimum atomic E-state index is -0.145. The van der Waals surface area contributed by atoms with Gasteiger partial charge in [0.2, 0.25) is 0 Å². The zero-order chi connectivity index (χ0) is 21.8. The van der Waals surface area contributed by atoms with E-state index < -0.39 is 0 Å². The Bertz CT molecular complexity index is 1040. The van der Waals surface area contributed by atoms with E-state index in [9.17, 15) is 9.59 Å². The van der Waals surface area contributed by atoms with E-state index in [1.165, 1.54) is 16.7 Å². The lowest BCUT2D eigenvalue weighted by Crippen LogP contribution is -2.43. The number of morpholine rings is 1. The van der Waals surface area contributed by atoms with Crippen molar-refractivity contribution in [2.24, 2.45) is 0 Å². The maximum atomic E-state index is 12.9. The second kappa shape index (κ2) is 9.95. The van der Waals surface area contributed by atoms with E-state index in [0.29, 0.717) is 45.8 Å². The maximum absolute atomic E-state index is 12.9. The van der Waals surface area contributed by atoms with E-state index in [-0.39, 0.29) is 18.4 Å². The summed E-state index contributed by atoms with van der Waals surface area (Å²) in [5, 5.41) is 0.